The van der Waals surface area contributed by atoms with E-state index in [1.807, 2.05) is 6.08 Å². The van der Waals surface area contributed by atoms with Crippen LogP contribution in [0.4, 0.5) is 0 Å². The fraction of sp³-hybridized carbons (Fsp3) is 0.833. The number of ether oxygens (including phenoxy) is 1. The minimum absolute atomic E-state index is 0.923. The molecule has 0 aliphatic heterocycles. The fourth-order valence-corrected chi connectivity index (χ4v) is 1.64. The van der Waals surface area contributed by atoms with Crippen LogP contribution in [-0.2, 0) is 4.74 Å². The van der Waals surface area contributed by atoms with E-state index in [1.165, 1.54) is 38.5 Å². The number of hydrogen-bond donors (Lipinski definition) is 0. The Morgan fingerprint density at radius 2 is 1.57 bits per heavy atom. The van der Waals surface area contributed by atoms with Crippen molar-refractivity contribution in [2.75, 3.05) is 18.5 Å². The highest BCUT2D eigenvalue weighted by Gasteiger charge is 1.90. The van der Waals surface area contributed by atoms with Gasteiger partial charge in [0.05, 0.1) is 0 Å². The molecule has 0 saturated heterocycles. The molecular formula is C12H23BrO. The molecule has 0 bridgehead atoms. The summed E-state index contributed by atoms with van der Waals surface area (Å²) >= 11 is 3.43. The molecule has 0 heterocycles. The van der Waals surface area contributed by atoms with E-state index in [4.69, 9.17) is 4.74 Å². The summed E-state index contributed by atoms with van der Waals surface area (Å²) in [7, 11) is 0. The summed E-state index contributed by atoms with van der Waals surface area (Å²) in [6.07, 6.45) is 10.6. The molecule has 2 heteroatoms. The van der Waals surface area contributed by atoms with Crippen molar-refractivity contribution in [2.24, 2.45) is 0 Å². The van der Waals surface area contributed by atoms with Gasteiger partial charge in [0.15, 0.2) is 0 Å². The minimum atomic E-state index is 0.923. The summed E-state index contributed by atoms with van der Waals surface area (Å²) in [5, 5.41) is 1.13. The second-order valence-electron chi connectivity index (χ2n) is 3.50. The molecule has 0 aromatic rings. The molecule has 0 atom stereocenters. The zero-order valence-electron chi connectivity index (χ0n) is 9.14. The average Bonchev–Trinajstić information content (AvgIpc) is 2.21. The lowest BCUT2D eigenvalue weighted by Crippen LogP contribution is -1.96. The lowest BCUT2D eigenvalue weighted by molar-refractivity contribution is 0.126. The van der Waals surface area contributed by atoms with E-state index < -0.39 is 0 Å². The van der Waals surface area contributed by atoms with Gasteiger partial charge in [-0.2, -0.15) is 0 Å². The monoisotopic (exact) mass is 262 g/mol. The second-order valence-corrected chi connectivity index (χ2v) is 4.29. The molecule has 0 aromatic carbocycles. The van der Waals surface area contributed by atoms with E-state index in [9.17, 15) is 0 Å². The van der Waals surface area contributed by atoms with Gasteiger partial charge in [0, 0.05) is 18.5 Å². The van der Waals surface area contributed by atoms with Crippen LogP contribution in [0.2, 0.25) is 0 Å². The first-order valence-corrected chi connectivity index (χ1v) is 6.78. The van der Waals surface area contributed by atoms with Crippen molar-refractivity contribution >= 4 is 15.9 Å². The van der Waals surface area contributed by atoms with Gasteiger partial charge in [0.25, 0.3) is 0 Å². The Morgan fingerprint density at radius 3 is 2.21 bits per heavy atom. The summed E-state index contributed by atoms with van der Waals surface area (Å²) in [4.78, 5) is 0. The van der Waals surface area contributed by atoms with Gasteiger partial charge in [0.1, 0.15) is 0 Å². The smallest absolute Gasteiger partial charge is 0.0466 e. The standard InChI is InChI=1S/C12H23BrO/c1-2-3-4-8-11-14-12-9-6-5-7-10-13/h2H,1,3-12H2. The highest BCUT2D eigenvalue weighted by Crippen LogP contribution is 2.02. The number of allylic oxidation sites excluding steroid dienone is 1. The molecule has 0 unspecified atom stereocenters. The predicted octanol–water partition coefficient (Wildman–Crippen LogP) is 4.31. The highest BCUT2D eigenvalue weighted by molar-refractivity contribution is 9.09. The first-order chi connectivity index (χ1) is 6.91. The molecule has 0 N–H and O–H groups in total. The Kier molecular flexibility index (Phi) is 13.3. The van der Waals surface area contributed by atoms with Crippen LogP contribution in [-0.4, -0.2) is 18.5 Å². The first kappa shape index (κ1) is 14.2. The highest BCUT2D eigenvalue weighted by atomic mass is 79.9. The van der Waals surface area contributed by atoms with E-state index in [1.54, 1.807) is 0 Å². The van der Waals surface area contributed by atoms with Crippen LogP contribution in [0.5, 0.6) is 0 Å². The van der Waals surface area contributed by atoms with Crippen molar-refractivity contribution in [1.82, 2.24) is 0 Å². The molecule has 0 amide bonds. The van der Waals surface area contributed by atoms with E-state index in [0.29, 0.717) is 0 Å². The molecular weight excluding hydrogens is 240 g/mol. The third-order valence-electron chi connectivity index (χ3n) is 2.12. The van der Waals surface area contributed by atoms with Gasteiger partial charge in [0.2, 0.25) is 0 Å². The number of unbranched alkanes of at least 4 members (excludes halogenated alkanes) is 5. The first-order valence-electron chi connectivity index (χ1n) is 5.66. The van der Waals surface area contributed by atoms with E-state index in [2.05, 4.69) is 22.5 Å². The average molecular weight is 263 g/mol. The van der Waals surface area contributed by atoms with Gasteiger partial charge >= 0.3 is 0 Å². The number of hydrogen-bond acceptors (Lipinski definition) is 1. The molecule has 0 rings (SSSR count). The van der Waals surface area contributed by atoms with Crippen LogP contribution < -0.4 is 0 Å². The van der Waals surface area contributed by atoms with E-state index in [-0.39, 0.29) is 0 Å². The van der Waals surface area contributed by atoms with Gasteiger partial charge in [-0.25, -0.2) is 0 Å². The molecule has 0 fully saturated rings. The summed E-state index contributed by atoms with van der Waals surface area (Å²) in [5.41, 5.74) is 0. The van der Waals surface area contributed by atoms with Crippen molar-refractivity contribution in [3.05, 3.63) is 12.7 Å². The predicted molar refractivity (Wildman–Crippen MR) is 67.1 cm³/mol. The van der Waals surface area contributed by atoms with Gasteiger partial charge in [-0.05, 0) is 32.1 Å². The Bertz CT molecular complexity index is 115. The molecule has 1 nitrogen and oxygen atoms in total. The van der Waals surface area contributed by atoms with Crippen molar-refractivity contribution < 1.29 is 4.74 Å². The van der Waals surface area contributed by atoms with Gasteiger partial charge in [-0.3, -0.25) is 0 Å². The maximum atomic E-state index is 5.51. The number of alkyl halides is 1. The molecule has 84 valence electrons. The minimum Gasteiger partial charge on any atom is -0.381 e. The van der Waals surface area contributed by atoms with E-state index >= 15 is 0 Å². The number of rotatable bonds is 11. The second kappa shape index (κ2) is 13.2. The molecule has 0 spiro atoms. The summed E-state index contributed by atoms with van der Waals surface area (Å²) in [6, 6.07) is 0. The summed E-state index contributed by atoms with van der Waals surface area (Å²) in [5.74, 6) is 0. The lowest BCUT2D eigenvalue weighted by Gasteiger charge is -2.03. The van der Waals surface area contributed by atoms with Crippen molar-refractivity contribution in [2.45, 2.75) is 44.9 Å². The zero-order chi connectivity index (χ0) is 10.5. The lowest BCUT2D eigenvalue weighted by atomic mass is 10.2. The Balaban J connectivity index is 2.81. The Hall–Kier alpha value is 0.180. The molecule has 14 heavy (non-hydrogen) atoms. The van der Waals surface area contributed by atoms with Crippen molar-refractivity contribution in [3.8, 4) is 0 Å². The fourth-order valence-electron chi connectivity index (χ4n) is 1.25. The largest absolute Gasteiger partial charge is 0.381 e. The molecule has 0 radical (unpaired) electrons. The third kappa shape index (κ3) is 12.2. The van der Waals surface area contributed by atoms with Crippen LogP contribution in [0.3, 0.4) is 0 Å². The number of halogens is 1. The maximum Gasteiger partial charge on any atom is 0.0466 e. The molecule has 0 saturated carbocycles. The molecule has 0 aromatic heterocycles. The zero-order valence-corrected chi connectivity index (χ0v) is 10.7. The quantitative estimate of drug-likeness (QED) is 0.306. The normalized spacial score (nSPS) is 10.4. The van der Waals surface area contributed by atoms with Gasteiger partial charge in [-0.1, -0.05) is 34.8 Å². The SMILES string of the molecule is C=CCCCCOCCCCCCBr. The van der Waals surface area contributed by atoms with Crippen LogP contribution in [0, 0.1) is 0 Å². The van der Waals surface area contributed by atoms with Gasteiger partial charge in [-0.15, -0.1) is 6.58 Å². The summed E-state index contributed by atoms with van der Waals surface area (Å²) < 4.78 is 5.51. The van der Waals surface area contributed by atoms with E-state index in [0.717, 1.165) is 25.0 Å². The molecule has 0 aliphatic carbocycles. The Morgan fingerprint density at radius 1 is 0.929 bits per heavy atom. The van der Waals surface area contributed by atoms with Crippen LogP contribution >= 0.6 is 15.9 Å². The topological polar surface area (TPSA) is 9.23 Å². The third-order valence-corrected chi connectivity index (χ3v) is 2.68. The van der Waals surface area contributed by atoms with Crippen LogP contribution in [0.1, 0.15) is 44.9 Å². The van der Waals surface area contributed by atoms with Crippen LogP contribution in [0.25, 0.3) is 0 Å². The maximum absolute atomic E-state index is 5.51. The molecule has 0 aliphatic rings. The van der Waals surface area contributed by atoms with Crippen molar-refractivity contribution in [1.29, 1.82) is 0 Å². The van der Waals surface area contributed by atoms with Crippen molar-refractivity contribution in [3.63, 3.8) is 0 Å². The summed E-state index contributed by atoms with van der Waals surface area (Å²) in [6.45, 7) is 5.56. The Labute approximate surface area is 97.0 Å². The van der Waals surface area contributed by atoms with Crippen LogP contribution in [0.15, 0.2) is 12.7 Å². The van der Waals surface area contributed by atoms with Gasteiger partial charge < -0.3 is 4.74 Å².